The van der Waals surface area contributed by atoms with E-state index < -0.39 is 27.7 Å². The Balaban J connectivity index is 1.26. The maximum Gasteiger partial charge on any atom is 0.263 e. The van der Waals surface area contributed by atoms with Crippen molar-refractivity contribution in [1.29, 1.82) is 0 Å². The van der Waals surface area contributed by atoms with Gasteiger partial charge in [0.1, 0.15) is 12.6 Å². The van der Waals surface area contributed by atoms with Crippen LogP contribution >= 0.6 is 11.3 Å². The van der Waals surface area contributed by atoms with E-state index >= 15 is 0 Å². The minimum absolute atomic E-state index is 0.0248. The van der Waals surface area contributed by atoms with E-state index in [1.54, 1.807) is 29.1 Å². The molecule has 3 heterocycles. The number of carbonyl (C=O) groups is 2. The van der Waals surface area contributed by atoms with Crippen LogP contribution in [0.5, 0.6) is 0 Å². The normalized spacial score (nSPS) is 15.3. The molecule has 0 aliphatic carbocycles. The molecule has 4 aromatic rings. The minimum Gasteiger partial charge on any atom is -0.335 e. The van der Waals surface area contributed by atoms with Crippen molar-refractivity contribution in [2.75, 3.05) is 29.3 Å². The van der Waals surface area contributed by atoms with E-state index in [2.05, 4.69) is 9.71 Å². The summed E-state index contributed by atoms with van der Waals surface area (Å²) in [5, 5.41) is 2.37. The highest BCUT2D eigenvalue weighted by Gasteiger charge is 2.31. The number of nitrogens with one attached hydrogen (secondary N) is 1. The van der Waals surface area contributed by atoms with Gasteiger partial charge >= 0.3 is 0 Å². The summed E-state index contributed by atoms with van der Waals surface area (Å²) in [7, 11) is -3.82. The minimum atomic E-state index is -3.82. The Kier molecular flexibility index (Phi) is 6.42. The summed E-state index contributed by atoms with van der Waals surface area (Å²) >= 11 is 1.16. The first-order valence-corrected chi connectivity index (χ1v) is 13.6. The van der Waals surface area contributed by atoms with Gasteiger partial charge in [-0.1, -0.05) is 0 Å². The lowest BCUT2D eigenvalue weighted by Gasteiger charge is -2.35. The molecule has 0 spiro atoms. The molecule has 1 atom stereocenters. The molecule has 1 aliphatic rings. The van der Waals surface area contributed by atoms with Gasteiger partial charge in [-0.05, 0) is 43.3 Å². The smallest absolute Gasteiger partial charge is 0.263 e. The molecule has 1 saturated heterocycles. The van der Waals surface area contributed by atoms with Crippen LogP contribution in [0.3, 0.4) is 0 Å². The SMILES string of the molecule is CC(C(=O)N1CCN(c2ccc(S(=O)(=O)Nc3nccs3)cc2)C(=O)C1)n1ccc2cc(F)c(F)cc21. The van der Waals surface area contributed by atoms with Crippen molar-refractivity contribution in [3.05, 3.63) is 71.9 Å². The molecule has 5 rings (SSSR count). The van der Waals surface area contributed by atoms with E-state index in [1.165, 1.54) is 40.3 Å². The summed E-state index contributed by atoms with van der Waals surface area (Å²) in [4.78, 5) is 32.9. The lowest BCUT2D eigenvalue weighted by molar-refractivity contribution is -0.139. The van der Waals surface area contributed by atoms with E-state index in [4.69, 9.17) is 0 Å². The molecule has 2 aromatic heterocycles. The average molecular weight is 546 g/mol. The monoisotopic (exact) mass is 545 g/mol. The predicted octanol–water partition coefficient (Wildman–Crippen LogP) is 3.61. The van der Waals surface area contributed by atoms with E-state index in [0.29, 0.717) is 16.6 Å². The molecule has 2 amide bonds. The molecule has 1 aliphatic heterocycles. The van der Waals surface area contributed by atoms with Gasteiger partial charge in [0.15, 0.2) is 16.8 Å². The van der Waals surface area contributed by atoms with Crippen LogP contribution in [-0.2, 0) is 19.6 Å². The third kappa shape index (κ3) is 4.79. The number of piperazine rings is 1. The summed E-state index contributed by atoms with van der Waals surface area (Å²) in [6.07, 6.45) is 3.08. The van der Waals surface area contributed by atoms with Crippen molar-refractivity contribution in [2.24, 2.45) is 0 Å². The Bertz CT molecular complexity index is 1590. The topological polar surface area (TPSA) is 105 Å². The van der Waals surface area contributed by atoms with Gasteiger partial charge in [0, 0.05) is 48.0 Å². The van der Waals surface area contributed by atoms with Crippen molar-refractivity contribution in [3.63, 3.8) is 0 Å². The Morgan fingerprint density at radius 2 is 1.84 bits per heavy atom. The molecule has 13 heteroatoms. The van der Waals surface area contributed by atoms with Crippen molar-refractivity contribution in [1.82, 2.24) is 14.5 Å². The van der Waals surface area contributed by atoms with E-state index in [9.17, 15) is 26.8 Å². The summed E-state index contributed by atoms with van der Waals surface area (Å²) in [6.45, 7) is 1.94. The van der Waals surface area contributed by atoms with Gasteiger partial charge in [-0.15, -0.1) is 11.3 Å². The van der Waals surface area contributed by atoms with Gasteiger partial charge in [-0.3, -0.25) is 14.3 Å². The number of rotatable bonds is 6. The number of sulfonamides is 1. The van der Waals surface area contributed by atoms with Crippen LogP contribution in [0.4, 0.5) is 19.6 Å². The second-order valence-corrected chi connectivity index (χ2v) is 11.0. The number of benzene rings is 2. The molecule has 0 radical (unpaired) electrons. The molecule has 1 fully saturated rings. The zero-order valence-corrected chi connectivity index (χ0v) is 21.1. The Hall–Kier alpha value is -3.84. The fourth-order valence-corrected chi connectivity index (χ4v) is 6.05. The predicted molar refractivity (Wildman–Crippen MR) is 135 cm³/mol. The molecule has 0 saturated carbocycles. The summed E-state index contributed by atoms with van der Waals surface area (Å²) in [5.41, 5.74) is 0.886. The van der Waals surface area contributed by atoms with Crippen LogP contribution in [0.15, 0.2) is 65.1 Å². The summed E-state index contributed by atoms with van der Waals surface area (Å²) < 4.78 is 56.3. The van der Waals surface area contributed by atoms with E-state index in [1.807, 2.05) is 0 Å². The number of amides is 2. The van der Waals surface area contributed by atoms with Crippen LogP contribution in [0.2, 0.25) is 0 Å². The molecule has 37 heavy (non-hydrogen) atoms. The third-order valence-electron chi connectivity index (χ3n) is 6.18. The maximum absolute atomic E-state index is 13.8. The number of hydrogen-bond acceptors (Lipinski definition) is 6. The highest BCUT2D eigenvalue weighted by Crippen LogP contribution is 2.26. The molecule has 1 N–H and O–H groups in total. The Morgan fingerprint density at radius 3 is 2.51 bits per heavy atom. The Labute approximate surface area is 215 Å². The molecular formula is C24H21F2N5O4S2. The van der Waals surface area contributed by atoms with Gasteiger partial charge < -0.3 is 14.4 Å². The first kappa shape index (κ1) is 24.8. The highest BCUT2D eigenvalue weighted by molar-refractivity contribution is 7.93. The molecule has 9 nitrogen and oxygen atoms in total. The first-order valence-electron chi connectivity index (χ1n) is 11.2. The number of thiazole rings is 1. The van der Waals surface area contributed by atoms with E-state index in [-0.39, 0.29) is 41.5 Å². The van der Waals surface area contributed by atoms with E-state index in [0.717, 1.165) is 23.5 Å². The standard InChI is InChI=1S/C24H21F2N5O4S2/c1-15(30-8-6-16-12-19(25)20(26)13-21(16)30)23(33)29-9-10-31(22(32)14-29)17-2-4-18(5-3-17)37(34,35)28-24-27-7-11-36-24/h2-8,11-13,15H,9-10,14H2,1H3,(H,27,28). The summed E-state index contributed by atoms with van der Waals surface area (Å²) in [5.74, 6) is -2.63. The lowest BCUT2D eigenvalue weighted by Crippen LogP contribution is -2.53. The lowest BCUT2D eigenvalue weighted by atomic mass is 10.2. The van der Waals surface area contributed by atoms with Crippen LogP contribution in [-0.4, -0.2) is 54.3 Å². The number of fused-ring (bicyclic) bond motifs is 1. The largest absolute Gasteiger partial charge is 0.335 e. The first-order chi connectivity index (χ1) is 17.6. The number of halogens is 2. The Morgan fingerprint density at radius 1 is 1.11 bits per heavy atom. The van der Waals surface area contributed by atoms with Crippen molar-refractivity contribution in [2.45, 2.75) is 17.9 Å². The second kappa shape index (κ2) is 9.56. The number of anilines is 2. The fourth-order valence-electron chi connectivity index (χ4n) is 4.26. The van der Waals surface area contributed by atoms with Gasteiger partial charge in [0.05, 0.1) is 10.4 Å². The zero-order chi connectivity index (χ0) is 26.3. The fraction of sp³-hybridized carbons (Fsp3) is 0.208. The van der Waals surface area contributed by atoms with Crippen LogP contribution in [0.1, 0.15) is 13.0 Å². The van der Waals surface area contributed by atoms with Crippen molar-refractivity contribution < 1.29 is 26.8 Å². The number of carbonyl (C=O) groups excluding carboxylic acids is 2. The molecule has 2 aromatic carbocycles. The molecular weight excluding hydrogens is 524 g/mol. The number of nitrogens with zero attached hydrogens (tertiary/aromatic N) is 4. The van der Waals surface area contributed by atoms with Gasteiger partial charge in [-0.25, -0.2) is 22.2 Å². The zero-order valence-electron chi connectivity index (χ0n) is 19.5. The molecule has 1 unspecified atom stereocenters. The maximum atomic E-state index is 13.8. The van der Waals surface area contributed by atoms with Gasteiger partial charge in [0.25, 0.3) is 10.0 Å². The van der Waals surface area contributed by atoms with Crippen LogP contribution in [0, 0.1) is 11.6 Å². The van der Waals surface area contributed by atoms with Gasteiger partial charge in [-0.2, -0.15) is 0 Å². The average Bonchev–Trinajstić information content (AvgIpc) is 3.53. The van der Waals surface area contributed by atoms with Crippen LogP contribution < -0.4 is 9.62 Å². The van der Waals surface area contributed by atoms with Crippen LogP contribution in [0.25, 0.3) is 10.9 Å². The highest BCUT2D eigenvalue weighted by atomic mass is 32.2. The quantitative estimate of drug-likeness (QED) is 0.399. The second-order valence-electron chi connectivity index (χ2n) is 8.47. The van der Waals surface area contributed by atoms with Crippen molar-refractivity contribution >= 4 is 54.9 Å². The number of aromatic nitrogens is 2. The molecule has 192 valence electrons. The molecule has 0 bridgehead atoms. The van der Waals surface area contributed by atoms with Gasteiger partial charge in [0.2, 0.25) is 11.8 Å². The van der Waals surface area contributed by atoms with Crippen molar-refractivity contribution in [3.8, 4) is 0 Å². The summed E-state index contributed by atoms with van der Waals surface area (Å²) in [6, 6.07) is 8.86. The number of hydrogen-bond donors (Lipinski definition) is 1. The third-order valence-corrected chi connectivity index (χ3v) is 8.35.